The second-order valence-electron chi connectivity index (χ2n) is 6.15. The third-order valence-corrected chi connectivity index (χ3v) is 8.25. The van der Waals surface area contributed by atoms with Crippen molar-refractivity contribution in [2.45, 2.75) is 30.9 Å². The summed E-state index contributed by atoms with van der Waals surface area (Å²) in [6, 6.07) is 3.39. The van der Waals surface area contributed by atoms with E-state index in [0.29, 0.717) is 34.4 Å². The predicted molar refractivity (Wildman–Crippen MR) is 101 cm³/mol. The number of aromatic nitrogens is 1. The molecule has 0 saturated carbocycles. The van der Waals surface area contributed by atoms with Gasteiger partial charge in [0.05, 0.1) is 5.92 Å². The van der Waals surface area contributed by atoms with Crippen molar-refractivity contribution in [3.63, 3.8) is 0 Å². The molecule has 0 aliphatic carbocycles. The van der Waals surface area contributed by atoms with E-state index < -0.39 is 15.9 Å². The van der Waals surface area contributed by atoms with E-state index >= 15 is 0 Å². The van der Waals surface area contributed by atoms with Crippen LogP contribution in [0.5, 0.6) is 0 Å². The van der Waals surface area contributed by atoms with Crippen molar-refractivity contribution >= 4 is 49.5 Å². The van der Waals surface area contributed by atoms with E-state index in [1.54, 1.807) is 17.5 Å². The number of rotatable bonds is 5. The third-order valence-electron chi connectivity index (χ3n) is 4.16. The molecule has 2 aromatic heterocycles. The Balaban J connectivity index is 1.69. The largest absolute Gasteiger partial charge is 0.302 e. The fourth-order valence-electron chi connectivity index (χ4n) is 2.75. The van der Waals surface area contributed by atoms with Gasteiger partial charge < -0.3 is 5.32 Å². The number of thiophene rings is 1. The van der Waals surface area contributed by atoms with Crippen LogP contribution in [0.3, 0.4) is 0 Å². The number of carbonyl (C=O) groups is 2. The smallest absolute Gasteiger partial charge is 0.252 e. The van der Waals surface area contributed by atoms with E-state index in [4.69, 9.17) is 0 Å². The molecule has 0 aromatic carbocycles. The van der Waals surface area contributed by atoms with Gasteiger partial charge in [0.15, 0.2) is 10.9 Å². The number of hydrogen-bond donors (Lipinski definition) is 1. The highest BCUT2D eigenvalue weighted by atomic mass is 32.2. The molecule has 3 rings (SSSR count). The van der Waals surface area contributed by atoms with E-state index in [1.165, 1.54) is 33.9 Å². The molecule has 7 nitrogen and oxygen atoms in total. The second-order valence-corrected chi connectivity index (χ2v) is 10.5. The summed E-state index contributed by atoms with van der Waals surface area (Å²) < 4.78 is 27.2. The lowest BCUT2D eigenvalue weighted by Gasteiger charge is -2.30. The molecule has 0 spiro atoms. The normalized spacial score (nSPS) is 18.6. The Morgan fingerprint density at radius 1 is 1.35 bits per heavy atom. The lowest BCUT2D eigenvalue weighted by atomic mass is 9.99. The Kier molecular flexibility index (Phi) is 5.56. The van der Waals surface area contributed by atoms with Crippen LogP contribution in [0.15, 0.2) is 21.7 Å². The number of hydrogen-bond acceptors (Lipinski definition) is 7. The molecule has 1 aliphatic rings. The van der Waals surface area contributed by atoms with E-state index in [9.17, 15) is 18.0 Å². The minimum absolute atomic E-state index is 0.149. The maximum absolute atomic E-state index is 12.8. The van der Waals surface area contributed by atoms with Crippen LogP contribution in [-0.4, -0.2) is 42.5 Å². The fourth-order valence-corrected chi connectivity index (χ4v) is 6.47. The quantitative estimate of drug-likeness (QED) is 0.760. The summed E-state index contributed by atoms with van der Waals surface area (Å²) in [5.41, 5.74) is 0.311. The summed E-state index contributed by atoms with van der Waals surface area (Å²) in [5, 5.41) is 4.65. The van der Waals surface area contributed by atoms with Crippen molar-refractivity contribution < 1.29 is 18.0 Å². The van der Waals surface area contributed by atoms with Crippen LogP contribution in [0.1, 0.15) is 35.1 Å². The monoisotopic (exact) mass is 413 g/mol. The second kappa shape index (κ2) is 7.55. The van der Waals surface area contributed by atoms with Crippen molar-refractivity contribution in [1.29, 1.82) is 0 Å². The average molecular weight is 414 g/mol. The standard InChI is InChI=1S/C16H19N3O4S3/c1-10-5-6-14(25-10)26(22,23)19-7-3-4-12(8-19)15(21)18-16-17-13(9-24-16)11(2)20/h5-6,9,12H,3-4,7-8H2,1-2H3,(H,17,18,21)/t12-/m0/s1. The molecular weight excluding hydrogens is 394 g/mol. The summed E-state index contributed by atoms with van der Waals surface area (Å²) in [5.74, 6) is -0.871. The molecule has 0 bridgehead atoms. The molecule has 140 valence electrons. The molecule has 10 heteroatoms. The molecular formula is C16H19N3O4S3. The first-order valence-corrected chi connectivity index (χ1v) is 11.2. The van der Waals surface area contributed by atoms with Gasteiger partial charge in [-0.15, -0.1) is 22.7 Å². The van der Waals surface area contributed by atoms with Gasteiger partial charge in [0.1, 0.15) is 9.90 Å². The Morgan fingerprint density at radius 2 is 2.12 bits per heavy atom. The molecule has 1 saturated heterocycles. The summed E-state index contributed by atoms with van der Waals surface area (Å²) >= 11 is 2.42. The van der Waals surface area contributed by atoms with E-state index in [0.717, 1.165) is 4.88 Å². The van der Waals surface area contributed by atoms with Crippen LogP contribution in [0.25, 0.3) is 0 Å². The number of nitrogens with one attached hydrogen (secondary N) is 1. The average Bonchev–Trinajstić information content (AvgIpc) is 3.24. The van der Waals surface area contributed by atoms with E-state index in [1.807, 2.05) is 6.92 Å². The Labute approximate surface area is 160 Å². The number of amides is 1. The van der Waals surface area contributed by atoms with Gasteiger partial charge in [-0.3, -0.25) is 9.59 Å². The van der Waals surface area contributed by atoms with Gasteiger partial charge in [-0.2, -0.15) is 4.31 Å². The van der Waals surface area contributed by atoms with Crippen LogP contribution in [0.4, 0.5) is 5.13 Å². The topological polar surface area (TPSA) is 96.4 Å². The number of carbonyl (C=O) groups excluding carboxylic acids is 2. The van der Waals surface area contributed by atoms with Crippen molar-refractivity contribution in [3.05, 3.63) is 28.1 Å². The first kappa shape index (κ1) is 19.2. The van der Waals surface area contributed by atoms with E-state index in [-0.39, 0.29) is 18.2 Å². The van der Waals surface area contributed by atoms with Gasteiger partial charge in [-0.05, 0) is 31.9 Å². The van der Waals surface area contributed by atoms with Crippen molar-refractivity contribution in [3.8, 4) is 0 Å². The van der Waals surface area contributed by atoms with Gasteiger partial charge in [0, 0.05) is 30.3 Å². The minimum atomic E-state index is -3.57. The predicted octanol–water partition coefficient (Wildman–Crippen LogP) is 2.76. The lowest BCUT2D eigenvalue weighted by Crippen LogP contribution is -2.43. The molecule has 1 N–H and O–H groups in total. The summed E-state index contributed by atoms with van der Waals surface area (Å²) in [7, 11) is -3.57. The molecule has 2 aromatic rings. The number of ketones is 1. The Bertz CT molecular complexity index is 932. The zero-order valence-electron chi connectivity index (χ0n) is 14.4. The van der Waals surface area contributed by atoms with Crippen LogP contribution >= 0.6 is 22.7 Å². The first-order valence-electron chi connectivity index (χ1n) is 8.11. The van der Waals surface area contributed by atoms with Crippen molar-refractivity contribution in [2.24, 2.45) is 5.92 Å². The van der Waals surface area contributed by atoms with Crippen LogP contribution in [-0.2, 0) is 14.8 Å². The summed E-state index contributed by atoms with van der Waals surface area (Å²) in [4.78, 5) is 28.8. The number of anilines is 1. The zero-order valence-corrected chi connectivity index (χ0v) is 16.8. The Morgan fingerprint density at radius 3 is 2.73 bits per heavy atom. The Hall–Kier alpha value is -1.62. The highest BCUT2D eigenvalue weighted by Crippen LogP contribution is 2.29. The SMILES string of the molecule is CC(=O)c1csc(NC(=O)[C@H]2CCCN(S(=O)(=O)c3ccc(C)s3)C2)n1. The molecule has 0 unspecified atom stereocenters. The highest BCUT2D eigenvalue weighted by Gasteiger charge is 2.34. The van der Waals surface area contributed by atoms with Crippen LogP contribution < -0.4 is 5.32 Å². The number of piperidine rings is 1. The van der Waals surface area contributed by atoms with Gasteiger partial charge in [0.2, 0.25) is 5.91 Å². The molecule has 1 atom stereocenters. The first-order chi connectivity index (χ1) is 12.3. The number of Topliss-reactive ketones (excluding diaryl/α,β-unsaturated/α-hetero) is 1. The molecule has 1 amide bonds. The fraction of sp³-hybridized carbons (Fsp3) is 0.438. The molecule has 0 radical (unpaired) electrons. The molecule has 3 heterocycles. The maximum Gasteiger partial charge on any atom is 0.252 e. The number of nitrogens with zero attached hydrogens (tertiary/aromatic N) is 2. The lowest BCUT2D eigenvalue weighted by molar-refractivity contribution is -0.120. The van der Waals surface area contributed by atoms with Gasteiger partial charge >= 0.3 is 0 Å². The minimum Gasteiger partial charge on any atom is -0.302 e. The molecule has 1 aliphatic heterocycles. The van der Waals surface area contributed by atoms with Gasteiger partial charge in [-0.25, -0.2) is 13.4 Å². The van der Waals surface area contributed by atoms with E-state index in [2.05, 4.69) is 10.3 Å². The van der Waals surface area contributed by atoms with Crippen LogP contribution in [0, 0.1) is 12.8 Å². The summed E-state index contributed by atoms with van der Waals surface area (Å²) in [6.45, 7) is 3.83. The third kappa shape index (κ3) is 4.03. The highest BCUT2D eigenvalue weighted by molar-refractivity contribution is 7.91. The zero-order chi connectivity index (χ0) is 18.9. The van der Waals surface area contributed by atoms with Gasteiger partial charge in [-0.1, -0.05) is 0 Å². The number of thiazole rings is 1. The molecule has 1 fully saturated rings. The maximum atomic E-state index is 12.8. The number of aryl methyl sites for hydroxylation is 1. The van der Waals surface area contributed by atoms with Gasteiger partial charge in [0.25, 0.3) is 10.0 Å². The molecule has 26 heavy (non-hydrogen) atoms. The van der Waals surface area contributed by atoms with Crippen molar-refractivity contribution in [1.82, 2.24) is 9.29 Å². The number of sulfonamides is 1. The van der Waals surface area contributed by atoms with Crippen LogP contribution in [0.2, 0.25) is 0 Å². The summed E-state index contributed by atoms with van der Waals surface area (Å²) in [6.07, 6.45) is 1.24. The van der Waals surface area contributed by atoms with Crippen molar-refractivity contribution in [2.75, 3.05) is 18.4 Å².